The number of aliphatic hydroxyl groups is 1. The van der Waals surface area contributed by atoms with Crippen molar-refractivity contribution >= 4 is 0 Å². The van der Waals surface area contributed by atoms with Crippen molar-refractivity contribution in [2.45, 2.75) is 45.4 Å². The van der Waals surface area contributed by atoms with Crippen molar-refractivity contribution in [1.82, 2.24) is 15.0 Å². The van der Waals surface area contributed by atoms with Crippen LogP contribution in [-0.2, 0) is 17.9 Å². The van der Waals surface area contributed by atoms with Crippen molar-refractivity contribution in [3.63, 3.8) is 0 Å². The van der Waals surface area contributed by atoms with E-state index < -0.39 is 0 Å². The molecule has 0 spiro atoms. The molecule has 1 aromatic rings. The Morgan fingerprint density at radius 1 is 1.56 bits per heavy atom. The van der Waals surface area contributed by atoms with Crippen LogP contribution in [0.3, 0.4) is 0 Å². The number of methoxy groups -OCH3 is 1. The Morgan fingerprint density at radius 3 is 2.88 bits per heavy atom. The van der Waals surface area contributed by atoms with Gasteiger partial charge in [-0.05, 0) is 19.3 Å². The highest BCUT2D eigenvalue weighted by Gasteiger charge is 2.23. The van der Waals surface area contributed by atoms with Gasteiger partial charge in [0.05, 0.1) is 18.4 Å². The highest BCUT2D eigenvalue weighted by Crippen LogP contribution is 2.33. The van der Waals surface area contributed by atoms with Crippen molar-refractivity contribution in [2.24, 2.45) is 5.92 Å². The van der Waals surface area contributed by atoms with Crippen molar-refractivity contribution in [2.75, 3.05) is 7.11 Å². The molecular formula is C11H19N3O2. The maximum atomic E-state index is 9.19. The molecule has 0 radical (unpaired) electrons. The number of ether oxygens (including phenoxy) is 1. The maximum Gasteiger partial charge on any atom is 0.114 e. The van der Waals surface area contributed by atoms with E-state index in [9.17, 15) is 5.11 Å². The molecule has 1 atom stereocenters. The van der Waals surface area contributed by atoms with E-state index in [1.54, 1.807) is 7.11 Å². The summed E-state index contributed by atoms with van der Waals surface area (Å²) in [6, 6.07) is 0. The molecule has 1 aliphatic carbocycles. The number of nitrogens with zero attached hydrogens (tertiary/aromatic N) is 3. The van der Waals surface area contributed by atoms with Gasteiger partial charge < -0.3 is 9.84 Å². The van der Waals surface area contributed by atoms with Gasteiger partial charge in [0.25, 0.3) is 0 Å². The van der Waals surface area contributed by atoms with E-state index in [0.717, 1.165) is 24.6 Å². The van der Waals surface area contributed by atoms with Crippen molar-refractivity contribution in [3.05, 3.63) is 11.4 Å². The Labute approximate surface area is 95.4 Å². The average molecular weight is 225 g/mol. The zero-order chi connectivity index (χ0) is 11.5. The maximum absolute atomic E-state index is 9.19. The second-order valence-electron chi connectivity index (χ2n) is 4.41. The molecule has 1 fully saturated rings. The van der Waals surface area contributed by atoms with Crippen molar-refractivity contribution < 1.29 is 9.84 Å². The zero-order valence-corrected chi connectivity index (χ0v) is 9.89. The predicted octanol–water partition coefficient (Wildman–Crippen LogP) is 1.28. The van der Waals surface area contributed by atoms with E-state index in [-0.39, 0.29) is 12.7 Å². The summed E-state index contributed by atoms with van der Waals surface area (Å²) in [6.07, 6.45) is 3.77. The van der Waals surface area contributed by atoms with Crippen LogP contribution in [0.1, 0.15) is 43.7 Å². The zero-order valence-electron chi connectivity index (χ0n) is 9.89. The fraction of sp³-hybridized carbons (Fsp3) is 0.818. The standard InChI is InChI=1S/C11H19N3O2/c1-8(16-2)11-10(7-15)12-13-14(11)6-5-9-3-4-9/h8-9,15H,3-7H2,1-2H3. The van der Waals surface area contributed by atoms with Crippen LogP contribution in [0.5, 0.6) is 0 Å². The van der Waals surface area contributed by atoms with Gasteiger partial charge in [0.1, 0.15) is 5.69 Å². The first kappa shape index (κ1) is 11.5. The van der Waals surface area contributed by atoms with Crippen molar-refractivity contribution in [3.8, 4) is 0 Å². The van der Waals surface area contributed by atoms with Crippen LogP contribution in [0.2, 0.25) is 0 Å². The molecule has 0 bridgehead atoms. The first-order valence-corrected chi connectivity index (χ1v) is 5.82. The van der Waals surface area contributed by atoms with Gasteiger partial charge in [-0.15, -0.1) is 5.10 Å². The van der Waals surface area contributed by atoms with E-state index >= 15 is 0 Å². The van der Waals surface area contributed by atoms with Crippen LogP contribution in [0.15, 0.2) is 0 Å². The Bertz CT molecular complexity index is 347. The topological polar surface area (TPSA) is 60.2 Å². The van der Waals surface area contributed by atoms with Gasteiger partial charge in [-0.3, -0.25) is 0 Å². The summed E-state index contributed by atoms with van der Waals surface area (Å²) < 4.78 is 7.16. The second kappa shape index (κ2) is 4.93. The molecule has 1 unspecified atom stereocenters. The Balaban J connectivity index is 2.11. The molecule has 0 aromatic carbocycles. The number of rotatable bonds is 6. The number of hydrogen-bond donors (Lipinski definition) is 1. The molecule has 16 heavy (non-hydrogen) atoms. The van der Waals surface area contributed by atoms with Crippen LogP contribution in [0.4, 0.5) is 0 Å². The lowest BCUT2D eigenvalue weighted by molar-refractivity contribution is 0.108. The van der Waals surface area contributed by atoms with Crippen molar-refractivity contribution in [1.29, 1.82) is 0 Å². The average Bonchev–Trinajstić information content (AvgIpc) is 3.04. The molecule has 5 nitrogen and oxygen atoms in total. The summed E-state index contributed by atoms with van der Waals surface area (Å²) >= 11 is 0. The number of hydrogen-bond acceptors (Lipinski definition) is 4. The summed E-state index contributed by atoms with van der Waals surface area (Å²) in [7, 11) is 1.66. The second-order valence-corrected chi connectivity index (χ2v) is 4.41. The van der Waals surface area contributed by atoms with Gasteiger partial charge in [-0.25, -0.2) is 4.68 Å². The molecule has 0 saturated heterocycles. The van der Waals surface area contributed by atoms with E-state index in [0.29, 0.717) is 5.69 Å². The van der Waals surface area contributed by atoms with Gasteiger partial charge in [-0.1, -0.05) is 18.1 Å². The van der Waals surface area contributed by atoms with Crippen LogP contribution < -0.4 is 0 Å². The van der Waals surface area contributed by atoms with Gasteiger partial charge in [-0.2, -0.15) is 0 Å². The van der Waals surface area contributed by atoms with Gasteiger partial charge in [0.2, 0.25) is 0 Å². The molecular weight excluding hydrogens is 206 g/mol. The minimum atomic E-state index is -0.0769. The summed E-state index contributed by atoms with van der Waals surface area (Å²) in [5.41, 5.74) is 1.54. The van der Waals surface area contributed by atoms with E-state index in [4.69, 9.17) is 4.74 Å². The Hall–Kier alpha value is -0.940. The molecule has 90 valence electrons. The van der Waals surface area contributed by atoms with Gasteiger partial charge in [0.15, 0.2) is 0 Å². The summed E-state index contributed by atoms with van der Waals surface area (Å²) in [5.74, 6) is 0.868. The molecule has 1 N–H and O–H groups in total. The number of aliphatic hydroxyl groups excluding tert-OH is 1. The largest absolute Gasteiger partial charge is 0.390 e. The summed E-state index contributed by atoms with van der Waals surface area (Å²) in [4.78, 5) is 0. The lowest BCUT2D eigenvalue weighted by Crippen LogP contribution is -2.11. The molecule has 2 rings (SSSR count). The molecule has 1 saturated carbocycles. The number of aryl methyl sites for hydroxylation is 1. The minimum absolute atomic E-state index is 0.0728. The van der Waals surface area contributed by atoms with E-state index in [1.165, 1.54) is 12.8 Å². The van der Waals surface area contributed by atoms with E-state index in [1.807, 2.05) is 11.6 Å². The molecule has 5 heteroatoms. The highest BCUT2D eigenvalue weighted by molar-refractivity contribution is 5.12. The first-order chi connectivity index (χ1) is 7.76. The molecule has 0 aliphatic heterocycles. The fourth-order valence-corrected chi connectivity index (χ4v) is 1.90. The Kier molecular flexibility index (Phi) is 3.56. The lowest BCUT2D eigenvalue weighted by atomic mass is 10.2. The third-order valence-corrected chi connectivity index (χ3v) is 3.18. The highest BCUT2D eigenvalue weighted by atomic mass is 16.5. The smallest absolute Gasteiger partial charge is 0.114 e. The van der Waals surface area contributed by atoms with Gasteiger partial charge >= 0.3 is 0 Å². The summed E-state index contributed by atoms with van der Waals surface area (Å²) in [5, 5.41) is 17.3. The third-order valence-electron chi connectivity index (χ3n) is 3.18. The third kappa shape index (κ3) is 2.41. The Morgan fingerprint density at radius 2 is 2.31 bits per heavy atom. The molecule has 0 amide bonds. The quantitative estimate of drug-likeness (QED) is 0.792. The first-order valence-electron chi connectivity index (χ1n) is 5.82. The van der Waals surface area contributed by atoms with Crippen LogP contribution in [-0.4, -0.2) is 27.2 Å². The normalized spacial score (nSPS) is 17.7. The summed E-state index contributed by atoms with van der Waals surface area (Å²) in [6.45, 7) is 2.75. The van der Waals surface area contributed by atoms with Gasteiger partial charge in [0, 0.05) is 13.7 Å². The monoisotopic (exact) mass is 225 g/mol. The van der Waals surface area contributed by atoms with Crippen LogP contribution >= 0.6 is 0 Å². The SMILES string of the molecule is COC(C)c1c(CO)nnn1CCC1CC1. The lowest BCUT2D eigenvalue weighted by Gasteiger charge is -2.12. The minimum Gasteiger partial charge on any atom is -0.390 e. The number of aromatic nitrogens is 3. The molecule has 1 aromatic heterocycles. The van der Waals surface area contributed by atoms with Crippen LogP contribution in [0, 0.1) is 5.92 Å². The van der Waals surface area contributed by atoms with E-state index in [2.05, 4.69) is 10.3 Å². The predicted molar refractivity (Wildman–Crippen MR) is 58.7 cm³/mol. The molecule has 1 aliphatic rings. The van der Waals surface area contributed by atoms with Crippen LogP contribution in [0.25, 0.3) is 0 Å². The fourth-order valence-electron chi connectivity index (χ4n) is 1.90. The molecule has 1 heterocycles.